The summed E-state index contributed by atoms with van der Waals surface area (Å²) in [5.74, 6) is -0.209. The predicted molar refractivity (Wildman–Crippen MR) is 107 cm³/mol. The Hall–Kier alpha value is -4.02. The van der Waals surface area contributed by atoms with Crippen LogP contribution in [0.1, 0.15) is 5.56 Å². The van der Waals surface area contributed by atoms with Gasteiger partial charge in [0.2, 0.25) is 11.9 Å². The van der Waals surface area contributed by atoms with E-state index in [0.717, 1.165) is 0 Å². The minimum absolute atomic E-state index is 0.0561. The molecule has 4 N–H and O–H groups in total. The van der Waals surface area contributed by atoms with Gasteiger partial charge in [0.25, 0.3) is 0 Å². The quantitative estimate of drug-likeness (QED) is 0.465. The number of hydrogen-bond acceptors (Lipinski definition) is 6. The minimum atomic E-state index is -1.34. The second kappa shape index (κ2) is 8.99. The normalized spacial score (nSPS) is 11.6. The number of rotatable bonds is 7. The van der Waals surface area contributed by atoms with Gasteiger partial charge in [-0.05, 0) is 23.8 Å². The Balaban J connectivity index is 1.78. The Morgan fingerprint density at radius 3 is 2.60 bits per heavy atom. The van der Waals surface area contributed by atoms with Crippen molar-refractivity contribution in [1.29, 1.82) is 0 Å². The van der Waals surface area contributed by atoms with Crippen molar-refractivity contribution in [3.63, 3.8) is 0 Å². The first kappa shape index (κ1) is 20.7. The SMILES string of the molecule is CNc1nccc(-c2cc(NC(=O)[C@H](Cc3ccc(F)cc3)NC(=O)O)n(C)n2)n1. The molecular weight excluding hydrogens is 393 g/mol. The molecule has 156 valence electrons. The van der Waals surface area contributed by atoms with E-state index in [1.54, 1.807) is 32.4 Å². The van der Waals surface area contributed by atoms with Gasteiger partial charge in [0.1, 0.15) is 23.4 Å². The van der Waals surface area contributed by atoms with Crippen LogP contribution in [0.5, 0.6) is 0 Å². The van der Waals surface area contributed by atoms with Crippen LogP contribution in [0.25, 0.3) is 11.4 Å². The van der Waals surface area contributed by atoms with Crippen molar-refractivity contribution in [1.82, 2.24) is 25.1 Å². The number of aryl methyl sites for hydroxylation is 1. The van der Waals surface area contributed by atoms with Gasteiger partial charge in [0, 0.05) is 32.8 Å². The molecule has 1 atom stereocenters. The molecule has 0 aliphatic heterocycles. The molecule has 2 heterocycles. The van der Waals surface area contributed by atoms with Crippen molar-refractivity contribution in [2.24, 2.45) is 7.05 Å². The molecule has 0 aliphatic rings. The van der Waals surface area contributed by atoms with Gasteiger partial charge in [-0.25, -0.2) is 19.2 Å². The Bertz CT molecular complexity index is 1050. The zero-order valence-electron chi connectivity index (χ0n) is 16.3. The fraction of sp³-hybridized carbons (Fsp3) is 0.211. The average Bonchev–Trinajstić information content (AvgIpc) is 3.09. The Morgan fingerprint density at radius 1 is 1.20 bits per heavy atom. The Kier molecular flexibility index (Phi) is 6.20. The van der Waals surface area contributed by atoms with Crippen molar-refractivity contribution in [3.05, 3.63) is 54.0 Å². The Morgan fingerprint density at radius 2 is 1.93 bits per heavy atom. The number of carbonyl (C=O) groups is 2. The van der Waals surface area contributed by atoms with Crippen LogP contribution in [0.2, 0.25) is 0 Å². The molecule has 2 aromatic heterocycles. The largest absolute Gasteiger partial charge is 0.465 e. The number of carbonyl (C=O) groups excluding carboxylic acids is 1. The van der Waals surface area contributed by atoms with Crippen molar-refractivity contribution in [3.8, 4) is 11.4 Å². The highest BCUT2D eigenvalue weighted by molar-refractivity contribution is 5.96. The van der Waals surface area contributed by atoms with Crippen molar-refractivity contribution in [2.75, 3.05) is 17.7 Å². The molecule has 0 radical (unpaired) electrons. The summed E-state index contributed by atoms with van der Waals surface area (Å²) in [6.07, 6.45) is 0.292. The molecule has 3 rings (SSSR count). The molecule has 0 fully saturated rings. The van der Waals surface area contributed by atoms with Crippen molar-refractivity contribution in [2.45, 2.75) is 12.5 Å². The molecule has 2 amide bonds. The summed E-state index contributed by atoms with van der Waals surface area (Å²) in [6, 6.07) is 7.71. The number of anilines is 2. The molecule has 1 aromatic carbocycles. The third kappa shape index (κ3) is 5.07. The molecule has 0 aliphatic carbocycles. The number of nitrogens with zero attached hydrogens (tertiary/aromatic N) is 4. The van der Waals surface area contributed by atoms with E-state index in [9.17, 15) is 14.0 Å². The number of benzene rings is 1. The smallest absolute Gasteiger partial charge is 0.405 e. The second-order valence-corrected chi connectivity index (χ2v) is 6.38. The highest BCUT2D eigenvalue weighted by Crippen LogP contribution is 2.20. The van der Waals surface area contributed by atoms with Crippen LogP contribution in [0.3, 0.4) is 0 Å². The average molecular weight is 413 g/mol. The van der Waals surface area contributed by atoms with Crippen LogP contribution < -0.4 is 16.0 Å². The third-order valence-corrected chi connectivity index (χ3v) is 4.24. The highest BCUT2D eigenvalue weighted by Gasteiger charge is 2.23. The number of hydrogen-bond donors (Lipinski definition) is 4. The monoisotopic (exact) mass is 413 g/mol. The summed E-state index contributed by atoms with van der Waals surface area (Å²) in [5, 5.41) is 21.1. The molecule has 30 heavy (non-hydrogen) atoms. The number of carboxylic acid groups (broad SMARTS) is 1. The zero-order chi connectivity index (χ0) is 21.7. The Labute approximate surface area is 171 Å². The molecule has 11 heteroatoms. The predicted octanol–water partition coefficient (Wildman–Crippen LogP) is 1.88. The van der Waals surface area contributed by atoms with E-state index < -0.39 is 23.9 Å². The summed E-state index contributed by atoms with van der Waals surface area (Å²) >= 11 is 0. The molecule has 0 saturated heterocycles. The summed E-state index contributed by atoms with van der Waals surface area (Å²) in [6.45, 7) is 0. The topological polar surface area (TPSA) is 134 Å². The van der Waals surface area contributed by atoms with E-state index in [4.69, 9.17) is 5.11 Å². The molecule has 0 bridgehead atoms. The molecule has 0 saturated carbocycles. The van der Waals surface area contributed by atoms with Crippen LogP contribution in [-0.2, 0) is 18.3 Å². The lowest BCUT2D eigenvalue weighted by molar-refractivity contribution is -0.118. The van der Waals surface area contributed by atoms with Crippen molar-refractivity contribution >= 4 is 23.8 Å². The fourth-order valence-electron chi connectivity index (χ4n) is 2.76. The molecular formula is C19H20FN7O3. The van der Waals surface area contributed by atoms with Gasteiger partial charge in [0.15, 0.2) is 0 Å². The number of nitrogens with one attached hydrogen (secondary N) is 3. The van der Waals surface area contributed by atoms with Crippen LogP contribution in [0, 0.1) is 5.82 Å². The van der Waals surface area contributed by atoms with Gasteiger partial charge in [-0.1, -0.05) is 12.1 Å². The maximum Gasteiger partial charge on any atom is 0.405 e. The first-order valence-corrected chi connectivity index (χ1v) is 8.95. The number of amides is 2. The standard InChI is InChI=1S/C19H20FN7O3/c1-21-18-22-8-7-13(23-18)14-10-16(27(2)26-14)25-17(28)15(24-19(29)30)9-11-3-5-12(20)6-4-11/h3-8,10,15,24H,9H2,1-2H3,(H,25,28)(H,29,30)(H,21,22,23)/t15-/m0/s1. The van der Waals surface area contributed by atoms with Gasteiger partial charge in [0.05, 0.1) is 5.69 Å². The van der Waals surface area contributed by atoms with E-state index in [-0.39, 0.29) is 6.42 Å². The van der Waals surface area contributed by atoms with Gasteiger partial charge in [-0.3, -0.25) is 9.48 Å². The van der Waals surface area contributed by atoms with E-state index in [2.05, 4.69) is 31.0 Å². The van der Waals surface area contributed by atoms with Crippen molar-refractivity contribution < 1.29 is 19.1 Å². The summed E-state index contributed by atoms with van der Waals surface area (Å²) < 4.78 is 14.6. The lowest BCUT2D eigenvalue weighted by Gasteiger charge is -2.17. The van der Waals surface area contributed by atoms with E-state index >= 15 is 0 Å². The first-order chi connectivity index (χ1) is 14.4. The molecule has 0 unspecified atom stereocenters. The summed E-state index contributed by atoms with van der Waals surface area (Å²) in [4.78, 5) is 32.2. The van der Waals surface area contributed by atoms with Gasteiger partial charge in [-0.2, -0.15) is 5.10 Å². The van der Waals surface area contributed by atoms with Crippen LogP contribution in [0.4, 0.5) is 21.0 Å². The maximum absolute atomic E-state index is 13.1. The van der Waals surface area contributed by atoms with Gasteiger partial charge >= 0.3 is 6.09 Å². The number of aromatic nitrogens is 4. The second-order valence-electron chi connectivity index (χ2n) is 6.38. The molecule has 0 spiro atoms. The summed E-state index contributed by atoms with van der Waals surface area (Å²) in [7, 11) is 3.33. The minimum Gasteiger partial charge on any atom is -0.465 e. The van der Waals surface area contributed by atoms with E-state index in [1.165, 1.54) is 28.9 Å². The molecule has 3 aromatic rings. The van der Waals surface area contributed by atoms with Gasteiger partial charge in [-0.15, -0.1) is 0 Å². The van der Waals surface area contributed by atoms with Gasteiger partial charge < -0.3 is 21.1 Å². The van der Waals surface area contributed by atoms with Crippen LogP contribution in [0.15, 0.2) is 42.6 Å². The van der Waals surface area contributed by atoms with E-state index in [1.807, 2.05) is 0 Å². The van der Waals surface area contributed by atoms with E-state index in [0.29, 0.717) is 28.7 Å². The van der Waals surface area contributed by atoms with Crippen LogP contribution in [-0.4, -0.2) is 49.9 Å². The lowest BCUT2D eigenvalue weighted by Crippen LogP contribution is -2.44. The fourth-order valence-corrected chi connectivity index (χ4v) is 2.76. The third-order valence-electron chi connectivity index (χ3n) is 4.24. The first-order valence-electron chi connectivity index (χ1n) is 8.95. The zero-order valence-corrected chi connectivity index (χ0v) is 16.3. The van der Waals surface area contributed by atoms with Crippen LogP contribution >= 0.6 is 0 Å². The molecule has 10 nitrogen and oxygen atoms in total. The summed E-state index contributed by atoms with van der Waals surface area (Å²) in [5.41, 5.74) is 1.67. The lowest BCUT2D eigenvalue weighted by atomic mass is 10.1. The maximum atomic E-state index is 13.1. The highest BCUT2D eigenvalue weighted by atomic mass is 19.1. The number of halogens is 1.